The van der Waals surface area contributed by atoms with Crippen LogP contribution in [0.1, 0.15) is 86.5 Å². The van der Waals surface area contributed by atoms with Crippen molar-refractivity contribution in [2.45, 2.75) is 92.6 Å². The van der Waals surface area contributed by atoms with Gasteiger partial charge in [-0.15, -0.1) is 0 Å². The fourth-order valence-electron chi connectivity index (χ4n) is 5.20. The van der Waals surface area contributed by atoms with Gasteiger partial charge < -0.3 is 4.74 Å². The van der Waals surface area contributed by atoms with Crippen molar-refractivity contribution in [2.75, 3.05) is 6.61 Å². The van der Waals surface area contributed by atoms with Crippen molar-refractivity contribution >= 4 is 0 Å². The molecule has 5 unspecified atom stereocenters. The summed E-state index contributed by atoms with van der Waals surface area (Å²) in [7, 11) is 0. The molecule has 2 fully saturated rings. The molecular weight excluding hydrogens is 292 g/mol. The number of hydrogen-bond donors (Lipinski definition) is 0. The number of fused-ring (bicyclic) bond motifs is 1. The van der Waals surface area contributed by atoms with Crippen LogP contribution in [0, 0.1) is 23.2 Å². The first kappa shape index (κ1) is 21.5. The van der Waals surface area contributed by atoms with Gasteiger partial charge in [0.1, 0.15) is 0 Å². The molecule has 0 bridgehead atoms. The molecule has 0 aromatic heterocycles. The minimum Gasteiger partial charge on any atom is -0.378 e. The zero-order valence-electron chi connectivity index (χ0n) is 17.3. The molecule has 0 heterocycles. The molecule has 2 aliphatic carbocycles. The van der Waals surface area contributed by atoms with E-state index in [2.05, 4.69) is 40.9 Å². The summed E-state index contributed by atoms with van der Waals surface area (Å²) in [6.45, 7) is 22.7. The van der Waals surface area contributed by atoms with Crippen molar-refractivity contribution in [1.82, 2.24) is 0 Å². The van der Waals surface area contributed by atoms with Crippen LogP contribution in [0.25, 0.3) is 0 Å². The summed E-state index contributed by atoms with van der Waals surface area (Å²) in [5.41, 5.74) is 2.88. The summed E-state index contributed by atoms with van der Waals surface area (Å²) in [6, 6.07) is 0. The van der Waals surface area contributed by atoms with E-state index in [1.54, 1.807) is 0 Å². The van der Waals surface area contributed by atoms with Crippen LogP contribution in [0.3, 0.4) is 0 Å². The largest absolute Gasteiger partial charge is 0.378 e. The number of unbranched alkanes of at least 4 members (excludes halogenated alkanes) is 1. The fraction of sp³-hybridized carbons (Fsp3) is 0.826. The Morgan fingerprint density at radius 2 is 1.79 bits per heavy atom. The lowest BCUT2D eigenvalue weighted by Crippen LogP contribution is -2.44. The molecule has 2 saturated carbocycles. The minimum atomic E-state index is 0.389. The third kappa shape index (κ3) is 4.34. The molecule has 0 aromatic carbocycles. The third-order valence-electron chi connectivity index (χ3n) is 6.63. The first-order chi connectivity index (χ1) is 11.5. The van der Waals surface area contributed by atoms with Crippen LogP contribution in [-0.4, -0.2) is 12.7 Å². The monoisotopic (exact) mass is 334 g/mol. The number of rotatable bonds is 7. The van der Waals surface area contributed by atoms with Crippen LogP contribution in [0.2, 0.25) is 0 Å². The van der Waals surface area contributed by atoms with Gasteiger partial charge in [-0.05, 0) is 67.8 Å². The maximum atomic E-state index is 6.31. The molecule has 1 heteroatoms. The molecule has 0 saturated heterocycles. The van der Waals surface area contributed by atoms with Gasteiger partial charge in [0, 0.05) is 6.61 Å². The Morgan fingerprint density at radius 3 is 2.33 bits per heavy atom. The predicted octanol–water partition coefficient (Wildman–Crippen LogP) is 7.18. The second-order valence-corrected chi connectivity index (χ2v) is 7.93. The average molecular weight is 335 g/mol. The van der Waals surface area contributed by atoms with E-state index in [1.165, 1.54) is 56.1 Å². The normalized spacial score (nSPS) is 34.9. The van der Waals surface area contributed by atoms with Gasteiger partial charge in [0.25, 0.3) is 0 Å². The summed E-state index contributed by atoms with van der Waals surface area (Å²) >= 11 is 0. The molecule has 0 aromatic rings. The van der Waals surface area contributed by atoms with Gasteiger partial charge >= 0.3 is 0 Å². The molecule has 5 atom stereocenters. The fourth-order valence-corrected chi connectivity index (χ4v) is 5.20. The van der Waals surface area contributed by atoms with Crippen LogP contribution < -0.4 is 0 Å². The summed E-state index contributed by atoms with van der Waals surface area (Å²) in [4.78, 5) is 0. The highest BCUT2D eigenvalue weighted by atomic mass is 16.5. The van der Waals surface area contributed by atoms with Crippen LogP contribution in [0.4, 0.5) is 0 Å². The second-order valence-electron chi connectivity index (χ2n) is 7.93. The Bertz CT molecular complexity index is 410. The Hall–Kier alpha value is -0.560. The SMILES string of the molecule is C=C(C)C(=C)C1CCC2(C)C(OCCCC)CCC2C1CC.CC. The van der Waals surface area contributed by atoms with E-state index in [-0.39, 0.29) is 0 Å². The van der Waals surface area contributed by atoms with Crippen molar-refractivity contribution in [3.63, 3.8) is 0 Å². The molecule has 2 rings (SSSR count). The lowest BCUT2D eigenvalue weighted by molar-refractivity contribution is -0.0669. The lowest BCUT2D eigenvalue weighted by atomic mass is 9.57. The minimum absolute atomic E-state index is 0.389. The van der Waals surface area contributed by atoms with Crippen LogP contribution in [0.5, 0.6) is 0 Å². The molecule has 0 amide bonds. The number of ether oxygens (including phenoxy) is 1. The standard InChI is InChI=1S/C21H36O.C2H6/c1-7-9-14-22-20-11-10-19-17(8-2)18(16(5)15(3)4)12-13-21(19,20)6;1-2/h17-20H,3,5,7-14H2,1-2,4,6H3;1-2H3. The van der Waals surface area contributed by atoms with Gasteiger partial charge in [-0.3, -0.25) is 0 Å². The summed E-state index contributed by atoms with van der Waals surface area (Å²) in [5.74, 6) is 2.22. The second kappa shape index (κ2) is 9.80. The average Bonchev–Trinajstić information content (AvgIpc) is 2.92. The molecule has 0 aliphatic heterocycles. The molecule has 0 N–H and O–H groups in total. The van der Waals surface area contributed by atoms with Crippen LogP contribution in [-0.2, 0) is 4.74 Å². The topological polar surface area (TPSA) is 9.23 Å². The summed E-state index contributed by atoms with van der Waals surface area (Å²) in [6.07, 6.45) is 9.33. The van der Waals surface area contributed by atoms with Gasteiger partial charge in [0.05, 0.1) is 6.10 Å². The smallest absolute Gasteiger partial charge is 0.0631 e. The van der Waals surface area contributed by atoms with E-state index in [1.807, 2.05) is 13.8 Å². The maximum absolute atomic E-state index is 6.31. The van der Waals surface area contributed by atoms with E-state index >= 15 is 0 Å². The van der Waals surface area contributed by atoms with E-state index < -0.39 is 0 Å². The first-order valence-corrected chi connectivity index (χ1v) is 10.4. The Labute approximate surface area is 151 Å². The van der Waals surface area contributed by atoms with Crippen molar-refractivity contribution < 1.29 is 4.74 Å². The summed E-state index contributed by atoms with van der Waals surface area (Å²) < 4.78 is 6.31. The van der Waals surface area contributed by atoms with Gasteiger partial charge in [0.15, 0.2) is 0 Å². The maximum Gasteiger partial charge on any atom is 0.0631 e. The van der Waals surface area contributed by atoms with Crippen molar-refractivity contribution in [3.05, 3.63) is 24.3 Å². The molecular formula is C23H42O. The first-order valence-electron chi connectivity index (χ1n) is 10.4. The van der Waals surface area contributed by atoms with Crippen LogP contribution >= 0.6 is 0 Å². The van der Waals surface area contributed by atoms with Gasteiger partial charge in [-0.2, -0.15) is 0 Å². The molecule has 0 spiro atoms. The highest BCUT2D eigenvalue weighted by molar-refractivity contribution is 5.27. The van der Waals surface area contributed by atoms with Crippen molar-refractivity contribution in [1.29, 1.82) is 0 Å². The summed E-state index contributed by atoms with van der Waals surface area (Å²) in [5, 5.41) is 0. The van der Waals surface area contributed by atoms with Crippen molar-refractivity contribution in [2.24, 2.45) is 23.2 Å². The van der Waals surface area contributed by atoms with E-state index in [0.29, 0.717) is 17.4 Å². The van der Waals surface area contributed by atoms with E-state index in [9.17, 15) is 0 Å². The van der Waals surface area contributed by atoms with E-state index in [0.717, 1.165) is 18.4 Å². The lowest BCUT2D eigenvalue weighted by Gasteiger charge is -2.49. The Morgan fingerprint density at radius 1 is 1.12 bits per heavy atom. The Balaban J connectivity index is 0.00000139. The van der Waals surface area contributed by atoms with Gasteiger partial charge in [0.2, 0.25) is 0 Å². The van der Waals surface area contributed by atoms with Crippen molar-refractivity contribution in [3.8, 4) is 0 Å². The molecule has 2 aliphatic rings. The van der Waals surface area contributed by atoms with Gasteiger partial charge in [-0.1, -0.05) is 66.2 Å². The number of allylic oxidation sites excluding steroid dienone is 2. The molecule has 1 nitrogen and oxygen atoms in total. The van der Waals surface area contributed by atoms with E-state index in [4.69, 9.17) is 4.74 Å². The highest BCUT2D eigenvalue weighted by Gasteiger charge is 2.54. The molecule has 0 radical (unpaired) electrons. The predicted molar refractivity (Wildman–Crippen MR) is 107 cm³/mol. The highest BCUT2D eigenvalue weighted by Crippen LogP contribution is 2.59. The quantitative estimate of drug-likeness (QED) is 0.354. The zero-order valence-corrected chi connectivity index (χ0v) is 17.3. The third-order valence-corrected chi connectivity index (χ3v) is 6.63. The Kier molecular flexibility index (Phi) is 8.77. The van der Waals surface area contributed by atoms with Gasteiger partial charge in [-0.25, -0.2) is 0 Å². The van der Waals surface area contributed by atoms with Crippen LogP contribution in [0.15, 0.2) is 24.3 Å². The number of hydrogen-bond acceptors (Lipinski definition) is 1. The molecule has 140 valence electrons. The molecule has 24 heavy (non-hydrogen) atoms. The zero-order chi connectivity index (χ0) is 18.3.